The molecule has 0 aromatic heterocycles. The summed E-state index contributed by atoms with van der Waals surface area (Å²) in [6.45, 7) is 5.50. The number of nitrogens with zero attached hydrogens (tertiary/aromatic N) is 1. The van der Waals surface area contributed by atoms with Gasteiger partial charge in [0.05, 0.1) is 6.42 Å². The van der Waals surface area contributed by atoms with Crippen molar-refractivity contribution in [1.29, 1.82) is 0 Å². The fourth-order valence-electron chi connectivity index (χ4n) is 3.63. The van der Waals surface area contributed by atoms with Crippen LogP contribution in [0.15, 0.2) is 0 Å². The minimum Gasteiger partial charge on any atom is -0.481 e. The number of hydrogen-bond donors (Lipinski definition) is 1. The number of carbonyl (C=O) groups is 2. The molecule has 0 aromatic carbocycles. The first-order valence-corrected chi connectivity index (χ1v) is 7.35. The van der Waals surface area contributed by atoms with Gasteiger partial charge in [0.1, 0.15) is 0 Å². The fourth-order valence-corrected chi connectivity index (χ4v) is 3.63. The first-order valence-electron chi connectivity index (χ1n) is 7.35. The molecule has 0 aromatic rings. The Hall–Kier alpha value is -1.06. The lowest BCUT2D eigenvalue weighted by atomic mass is 9.77. The van der Waals surface area contributed by atoms with Gasteiger partial charge in [-0.15, -0.1) is 0 Å². The lowest BCUT2D eigenvalue weighted by Gasteiger charge is -2.42. The number of aliphatic carboxylic acids is 1. The number of piperidine rings is 1. The Bertz CT molecular complexity index is 352. The van der Waals surface area contributed by atoms with Gasteiger partial charge < -0.3 is 10.0 Å². The van der Waals surface area contributed by atoms with Gasteiger partial charge in [-0.05, 0) is 36.5 Å². The Morgan fingerprint density at radius 3 is 2.26 bits per heavy atom. The summed E-state index contributed by atoms with van der Waals surface area (Å²) in [5.41, 5.74) is -0.449. The first kappa shape index (κ1) is 14.4. The van der Waals surface area contributed by atoms with Crippen LogP contribution in [0.2, 0.25) is 0 Å². The number of carboxylic acid groups (broad SMARTS) is 1. The van der Waals surface area contributed by atoms with Crippen molar-refractivity contribution in [2.45, 2.75) is 52.4 Å². The summed E-state index contributed by atoms with van der Waals surface area (Å²) in [5.74, 6) is 0.675. The van der Waals surface area contributed by atoms with E-state index in [1.54, 1.807) is 0 Å². The molecule has 1 aliphatic heterocycles. The van der Waals surface area contributed by atoms with E-state index < -0.39 is 11.4 Å². The van der Waals surface area contributed by atoms with Crippen LogP contribution >= 0.6 is 0 Å². The molecule has 2 fully saturated rings. The molecule has 1 N–H and O–H groups in total. The van der Waals surface area contributed by atoms with Crippen molar-refractivity contribution < 1.29 is 14.7 Å². The van der Waals surface area contributed by atoms with Crippen LogP contribution in [0.25, 0.3) is 0 Å². The molecule has 2 unspecified atom stereocenters. The van der Waals surface area contributed by atoms with Gasteiger partial charge in [-0.25, -0.2) is 0 Å². The van der Waals surface area contributed by atoms with Crippen molar-refractivity contribution in [3.05, 3.63) is 0 Å². The van der Waals surface area contributed by atoms with Crippen LogP contribution in [0, 0.1) is 17.3 Å². The molecule has 4 nitrogen and oxygen atoms in total. The second-order valence-corrected chi connectivity index (χ2v) is 7.11. The molecule has 0 radical (unpaired) electrons. The average Bonchev–Trinajstić information content (AvgIpc) is 2.25. The summed E-state index contributed by atoms with van der Waals surface area (Å²) >= 11 is 0. The van der Waals surface area contributed by atoms with Crippen LogP contribution in [0.4, 0.5) is 0 Å². The van der Waals surface area contributed by atoms with E-state index in [4.69, 9.17) is 5.11 Å². The van der Waals surface area contributed by atoms with Gasteiger partial charge in [0.2, 0.25) is 5.91 Å². The van der Waals surface area contributed by atoms with E-state index in [1.807, 2.05) is 18.7 Å². The van der Waals surface area contributed by atoms with Crippen LogP contribution in [-0.4, -0.2) is 35.0 Å². The molecule has 1 amide bonds. The molecule has 2 atom stereocenters. The smallest absolute Gasteiger partial charge is 0.303 e. The van der Waals surface area contributed by atoms with Crippen LogP contribution < -0.4 is 0 Å². The summed E-state index contributed by atoms with van der Waals surface area (Å²) < 4.78 is 0. The van der Waals surface area contributed by atoms with E-state index in [2.05, 4.69) is 0 Å². The third-order valence-electron chi connectivity index (χ3n) is 4.46. The Morgan fingerprint density at radius 2 is 1.74 bits per heavy atom. The van der Waals surface area contributed by atoms with E-state index in [0.29, 0.717) is 18.3 Å². The highest BCUT2D eigenvalue weighted by Gasteiger charge is 2.34. The van der Waals surface area contributed by atoms with Crippen molar-refractivity contribution in [2.75, 3.05) is 13.1 Å². The Balaban J connectivity index is 1.91. The number of rotatable bonds is 4. The van der Waals surface area contributed by atoms with E-state index >= 15 is 0 Å². The van der Waals surface area contributed by atoms with Crippen molar-refractivity contribution in [3.63, 3.8) is 0 Å². The molecule has 19 heavy (non-hydrogen) atoms. The van der Waals surface area contributed by atoms with Crippen LogP contribution in [0.5, 0.6) is 0 Å². The largest absolute Gasteiger partial charge is 0.481 e. The quantitative estimate of drug-likeness (QED) is 0.851. The molecule has 1 saturated heterocycles. The number of carbonyl (C=O) groups excluding carboxylic acids is 1. The lowest BCUT2D eigenvalue weighted by Crippen LogP contribution is -2.46. The minimum atomic E-state index is -0.826. The average molecular weight is 267 g/mol. The zero-order valence-electron chi connectivity index (χ0n) is 12.0. The predicted molar refractivity (Wildman–Crippen MR) is 72.7 cm³/mol. The predicted octanol–water partition coefficient (Wildman–Crippen LogP) is 2.53. The molecule has 2 bridgehead atoms. The standard InChI is InChI=1S/C15H25NO3/c1-15(2,8-14(18)19)7-13(17)16-9-11-4-3-5-12(6-11)10-16/h11-12H,3-10H2,1-2H3,(H,18,19). The van der Waals surface area contributed by atoms with Crippen molar-refractivity contribution in [2.24, 2.45) is 17.3 Å². The molecular formula is C15H25NO3. The zero-order valence-corrected chi connectivity index (χ0v) is 12.0. The summed E-state index contributed by atoms with van der Waals surface area (Å²) in [7, 11) is 0. The summed E-state index contributed by atoms with van der Waals surface area (Å²) in [6, 6.07) is 0. The fraction of sp³-hybridized carbons (Fsp3) is 0.867. The molecule has 1 saturated carbocycles. The van der Waals surface area contributed by atoms with Gasteiger partial charge in [0.15, 0.2) is 0 Å². The van der Waals surface area contributed by atoms with Gasteiger partial charge in [-0.3, -0.25) is 9.59 Å². The molecular weight excluding hydrogens is 242 g/mol. The van der Waals surface area contributed by atoms with Crippen LogP contribution in [-0.2, 0) is 9.59 Å². The number of carboxylic acids is 1. The van der Waals surface area contributed by atoms with E-state index in [-0.39, 0.29) is 12.3 Å². The molecule has 1 aliphatic carbocycles. The van der Waals surface area contributed by atoms with Crippen LogP contribution in [0.3, 0.4) is 0 Å². The molecule has 108 valence electrons. The topological polar surface area (TPSA) is 57.6 Å². The second kappa shape index (κ2) is 5.51. The van der Waals surface area contributed by atoms with Gasteiger partial charge >= 0.3 is 5.97 Å². The van der Waals surface area contributed by atoms with Crippen molar-refractivity contribution in [3.8, 4) is 0 Å². The highest BCUT2D eigenvalue weighted by Crippen LogP contribution is 2.35. The highest BCUT2D eigenvalue weighted by molar-refractivity contribution is 5.78. The molecule has 2 aliphatic rings. The maximum Gasteiger partial charge on any atom is 0.303 e. The zero-order chi connectivity index (χ0) is 14.0. The lowest BCUT2D eigenvalue weighted by molar-refractivity contribution is -0.141. The van der Waals surface area contributed by atoms with E-state index in [0.717, 1.165) is 13.1 Å². The summed E-state index contributed by atoms with van der Waals surface area (Å²) in [4.78, 5) is 25.2. The Kier molecular flexibility index (Phi) is 4.16. The number of fused-ring (bicyclic) bond motifs is 2. The van der Waals surface area contributed by atoms with Gasteiger partial charge in [0.25, 0.3) is 0 Å². The number of hydrogen-bond acceptors (Lipinski definition) is 2. The Morgan fingerprint density at radius 1 is 1.16 bits per heavy atom. The van der Waals surface area contributed by atoms with Gasteiger partial charge in [-0.1, -0.05) is 20.3 Å². The summed E-state index contributed by atoms with van der Waals surface area (Å²) in [6.07, 6.45) is 5.49. The van der Waals surface area contributed by atoms with E-state index in [1.165, 1.54) is 25.7 Å². The third kappa shape index (κ3) is 3.95. The molecule has 2 rings (SSSR count). The van der Waals surface area contributed by atoms with E-state index in [9.17, 15) is 9.59 Å². The third-order valence-corrected chi connectivity index (χ3v) is 4.46. The van der Waals surface area contributed by atoms with Gasteiger partial charge in [0, 0.05) is 19.5 Å². The second-order valence-electron chi connectivity index (χ2n) is 7.11. The maximum absolute atomic E-state index is 12.4. The van der Waals surface area contributed by atoms with Crippen LogP contribution in [0.1, 0.15) is 52.4 Å². The minimum absolute atomic E-state index is 0.0550. The molecule has 4 heteroatoms. The molecule has 1 heterocycles. The highest BCUT2D eigenvalue weighted by atomic mass is 16.4. The number of likely N-dealkylation sites (tertiary alicyclic amines) is 1. The van der Waals surface area contributed by atoms with Crippen molar-refractivity contribution >= 4 is 11.9 Å². The SMILES string of the molecule is CC(C)(CC(=O)O)CC(=O)N1CC2CCCC(C2)C1. The number of amides is 1. The van der Waals surface area contributed by atoms with Gasteiger partial charge in [-0.2, -0.15) is 0 Å². The monoisotopic (exact) mass is 267 g/mol. The maximum atomic E-state index is 12.4. The molecule has 0 spiro atoms. The van der Waals surface area contributed by atoms with Crippen molar-refractivity contribution in [1.82, 2.24) is 4.90 Å². The Labute approximate surface area is 115 Å². The normalized spacial score (nSPS) is 27.2. The first-order chi connectivity index (χ1) is 8.85. The summed E-state index contributed by atoms with van der Waals surface area (Å²) in [5, 5.41) is 8.88.